The zero-order valence-corrected chi connectivity index (χ0v) is 11.3. The summed E-state index contributed by atoms with van der Waals surface area (Å²) in [7, 11) is 0. The van der Waals surface area contributed by atoms with Gasteiger partial charge in [-0.25, -0.2) is 4.39 Å². The van der Waals surface area contributed by atoms with Crippen LogP contribution in [-0.2, 0) is 19.6 Å². The molecule has 0 atom stereocenters. The number of anilines is 1. The van der Waals surface area contributed by atoms with E-state index in [-0.39, 0.29) is 5.69 Å². The number of hydrogen-bond donors (Lipinski definition) is 0. The number of halogens is 1. The molecule has 0 amide bonds. The molecule has 1 aromatic carbocycles. The average Bonchev–Trinajstić information content (AvgIpc) is 2.53. The Morgan fingerprint density at radius 1 is 1.33 bits per heavy atom. The van der Waals surface area contributed by atoms with E-state index in [9.17, 15) is 14.5 Å². The number of pyridine rings is 1. The average molecular weight is 287 g/mol. The number of nitro groups is 1. The highest BCUT2D eigenvalue weighted by molar-refractivity contribution is 5.62. The van der Waals surface area contributed by atoms with Crippen LogP contribution in [0.5, 0.6) is 0 Å². The van der Waals surface area contributed by atoms with Crippen LogP contribution in [-0.4, -0.2) is 16.5 Å². The third kappa shape index (κ3) is 2.56. The number of hydrogen-bond acceptors (Lipinski definition) is 4. The number of fused-ring (bicyclic) bond motifs is 1. The molecule has 0 unspecified atom stereocenters. The summed E-state index contributed by atoms with van der Waals surface area (Å²) in [5.74, 6) is 0. The molecule has 1 aromatic heterocycles. The van der Waals surface area contributed by atoms with Crippen LogP contribution in [0.15, 0.2) is 36.7 Å². The first-order valence-electron chi connectivity index (χ1n) is 6.69. The molecular formula is C15H14FN3O2. The normalized spacial score (nSPS) is 13.9. The molecule has 0 aliphatic carbocycles. The molecule has 2 aromatic rings. The molecule has 0 radical (unpaired) electrons. The molecule has 3 rings (SSSR count). The summed E-state index contributed by atoms with van der Waals surface area (Å²) in [5.41, 5.74) is 3.48. The SMILES string of the molecule is O=[N+]([O-])c1cnccc1N1CCc2cc(CF)ccc2C1. The van der Waals surface area contributed by atoms with Crippen LogP contribution in [0.1, 0.15) is 16.7 Å². The van der Waals surface area contributed by atoms with E-state index in [1.807, 2.05) is 17.0 Å². The smallest absolute Gasteiger partial charge is 0.310 e. The molecule has 0 N–H and O–H groups in total. The largest absolute Gasteiger partial charge is 0.361 e. The number of rotatable bonds is 3. The third-order valence-corrected chi connectivity index (χ3v) is 3.75. The minimum absolute atomic E-state index is 0.0151. The Labute approximate surface area is 121 Å². The second-order valence-electron chi connectivity index (χ2n) is 5.03. The van der Waals surface area contributed by atoms with Crippen LogP contribution in [0.2, 0.25) is 0 Å². The van der Waals surface area contributed by atoms with Crippen molar-refractivity contribution in [1.29, 1.82) is 0 Å². The summed E-state index contributed by atoms with van der Waals surface area (Å²) in [6, 6.07) is 7.22. The molecule has 2 heterocycles. The van der Waals surface area contributed by atoms with Crippen LogP contribution in [0.4, 0.5) is 15.8 Å². The molecule has 1 aliphatic heterocycles. The van der Waals surface area contributed by atoms with Gasteiger partial charge in [0.25, 0.3) is 0 Å². The van der Waals surface area contributed by atoms with Gasteiger partial charge >= 0.3 is 5.69 Å². The molecule has 0 spiro atoms. The molecule has 108 valence electrons. The molecule has 0 saturated heterocycles. The predicted molar refractivity (Wildman–Crippen MR) is 76.9 cm³/mol. The topological polar surface area (TPSA) is 59.3 Å². The Kier molecular flexibility index (Phi) is 3.51. The molecule has 0 bridgehead atoms. The summed E-state index contributed by atoms with van der Waals surface area (Å²) < 4.78 is 12.7. The summed E-state index contributed by atoms with van der Waals surface area (Å²) in [4.78, 5) is 16.5. The van der Waals surface area contributed by atoms with Gasteiger partial charge < -0.3 is 4.90 Å². The summed E-state index contributed by atoms with van der Waals surface area (Å²) >= 11 is 0. The van der Waals surface area contributed by atoms with Gasteiger partial charge in [-0.2, -0.15) is 0 Å². The lowest BCUT2D eigenvalue weighted by molar-refractivity contribution is -0.384. The lowest BCUT2D eigenvalue weighted by Gasteiger charge is -2.30. The van der Waals surface area contributed by atoms with Crippen LogP contribution >= 0.6 is 0 Å². The van der Waals surface area contributed by atoms with Crippen molar-refractivity contribution in [2.24, 2.45) is 0 Å². The maximum Gasteiger partial charge on any atom is 0.310 e. The lowest BCUT2D eigenvalue weighted by Crippen LogP contribution is -2.30. The molecule has 6 heteroatoms. The van der Waals surface area contributed by atoms with Gasteiger partial charge in [0.15, 0.2) is 0 Å². The van der Waals surface area contributed by atoms with E-state index in [0.29, 0.717) is 24.3 Å². The fourth-order valence-electron chi connectivity index (χ4n) is 2.68. The van der Waals surface area contributed by atoms with Crippen molar-refractivity contribution in [3.8, 4) is 0 Å². The van der Waals surface area contributed by atoms with E-state index in [2.05, 4.69) is 4.98 Å². The zero-order chi connectivity index (χ0) is 14.8. The van der Waals surface area contributed by atoms with Crippen LogP contribution in [0, 0.1) is 10.1 Å². The van der Waals surface area contributed by atoms with Gasteiger partial charge in [0.1, 0.15) is 18.6 Å². The Morgan fingerprint density at radius 2 is 2.19 bits per heavy atom. The summed E-state index contributed by atoms with van der Waals surface area (Å²) in [6.07, 6.45) is 3.59. The fourth-order valence-corrected chi connectivity index (χ4v) is 2.68. The Hall–Kier alpha value is -2.50. The van der Waals surface area contributed by atoms with Gasteiger partial charge in [0.05, 0.1) is 4.92 Å². The molecule has 1 aliphatic rings. The van der Waals surface area contributed by atoms with E-state index in [4.69, 9.17) is 0 Å². The predicted octanol–water partition coefficient (Wildman–Crippen LogP) is 3.02. The highest BCUT2D eigenvalue weighted by Gasteiger charge is 2.23. The van der Waals surface area contributed by atoms with E-state index < -0.39 is 11.6 Å². The van der Waals surface area contributed by atoms with Gasteiger partial charge in [-0.1, -0.05) is 18.2 Å². The lowest BCUT2D eigenvalue weighted by atomic mass is 9.97. The van der Waals surface area contributed by atoms with Crippen LogP contribution < -0.4 is 4.90 Å². The minimum atomic E-state index is -0.465. The number of aromatic nitrogens is 1. The van der Waals surface area contributed by atoms with E-state index >= 15 is 0 Å². The summed E-state index contributed by atoms with van der Waals surface area (Å²) in [5, 5.41) is 11.1. The quantitative estimate of drug-likeness (QED) is 0.643. The van der Waals surface area contributed by atoms with Crippen molar-refractivity contribution in [3.63, 3.8) is 0 Å². The van der Waals surface area contributed by atoms with Crippen LogP contribution in [0.3, 0.4) is 0 Å². The standard InChI is InChI=1S/C15H14FN3O2/c16-8-11-1-2-13-10-18(6-4-12(13)7-11)14-3-5-17-9-15(14)19(20)21/h1-3,5,7,9H,4,6,8,10H2. The highest BCUT2D eigenvalue weighted by atomic mass is 19.1. The minimum Gasteiger partial charge on any atom is -0.361 e. The van der Waals surface area contributed by atoms with Crippen molar-refractivity contribution in [2.75, 3.05) is 11.4 Å². The van der Waals surface area contributed by atoms with Gasteiger partial charge in [0.2, 0.25) is 0 Å². The zero-order valence-electron chi connectivity index (χ0n) is 11.3. The van der Waals surface area contributed by atoms with Gasteiger partial charge in [-0.15, -0.1) is 0 Å². The number of alkyl halides is 1. The first kappa shape index (κ1) is 13.5. The van der Waals surface area contributed by atoms with Crippen molar-refractivity contribution in [3.05, 3.63) is 63.5 Å². The molecular weight excluding hydrogens is 273 g/mol. The second-order valence-corrected chi connectivity index (χ2v) is 5.03. The van der Waals surface area contributed by atoms with E-state index in [1.165, 1.54) is 6.20 Å². The van der Waals surface area contributed by atoms with E-state index in [1.54, 1.807) is 18.3 Å². The summed E-state index contributed by atoms with van der Waals surface area (Å²) in [6.45, 7) is 0.799. The molecule has 21 heavy (non-hydrogen) atoms. The Balaban J connectivity index is 1.92. The highest BCUT2D eigenvalue weighted by Crippen LogP contribution is 2.31. The van der Waals surface area contributed by atoms with Crippen molar-refractivity contribution in [1.82, 2.24) is 4.98 Å². The Bertz CT molecular complexity index is 690. The van der Waals surface area contributed by atoms with E-state index in [0.717, 1.165) is 17.5 Å². The molecule has 0 saturated carbocycles. The molecule has 0 fully saturated rings. The van der Waals surface area contributed by atoms with Crippen molar-refractivity contribution >= 4 is 11.4 Å². The van der Waals surface area contributed by atoms with Gasteiger partial charge in [-0.3, -0.25) is 15.1 Å². The van der Waals surface area contributed by atoms with Crippen molar-refractivity contribution in [2.45, 2.75) is 19.6 Å². The third-order valence-electron chi connectivity index (χ3n) is 3.75. The monoisotopic (exact) mass is 287 g/mol. The number of nitrogens with zero attached hydrogens (tertiary/aromatic N) is 3. The van der Waals surface area contributed by atoms with Gasteiger partial charge in [-0.05, 0) is 29.2 Å². The fraction of sp³-hybridized carbons (Fsp3) is 0.267. The molecule has 5 nitrogen and oxygen atoms in total. The van der Waals surface area contributed by atoms with Crippen LogP contribution in [0.25, 0.3) is 0 Å². The first-order chi connectivity index (χ1) is 10.2. The van der Waals surface area contributed by atoms with Gasteiger partial charge in [0, 0.05) is 19.3 Å². The first-order valence-corrected chi connectivity index (χ1v) is 6.69. The second kappa shape index (κ2) is 5.47. The Morgan fingerprint density at radius 3 is 2.95 bits per heavy atom. The maximum absolute atomic E-state index is 12.7. The van der Waals surface area contributed by atoms with Crippen molar-refractivity contribution < 1.29 is 9.31 Å². The maximum atomic E-state index is 12.7. The number of benzene rings is 1.